The van der Waals surface area contributed by atoms with Gasteiger partial charge in [0, 0.05) is 17.3 Å². The molecule has 1 saturated heterocycles. The molecule has 0 radical (unpaired) electrons. The Kier molecular flexibility index (Phi) is 7.57. The van der Waals surface area contributed by atoms with Crippen molar-refractivity contribution < 1.29 is 23.8 Å². The van der Waals surface area contributed by atoms with Crippen LogP contribution < -0.4 is 20.4 Å². The van der Waals surface area contributed by atoms with Crippen LogP contribution in [-0.2, 0) is 16.1 Å². The molecule has 0 saturated carbocycles. The van der Waals surface area contributed by atoms with E-state index in [0.717, 1.165) is 31.7 Å². The summed E-state index contributed by atoms with van der Waals surface area (Å²) in [5.41, 5.74) is 1.44. The molecule has 2 amide bonds. The number of carbonyl (C=O) groups excluding carboxylic acids is 2. The SMILES string of the molecule is O=C(C[NH+]1CC[NH+](CC(=O)Nc2cccc(F)c2)CC1)NCc1cccc(Cl)c1. The maximum absolute atomic E-state index is 13.2. The van der Waals surface area contributed by atoms with Gasteiger partial charge in [-0.15, -0.1) is 0 Å². The fraction of sp³-hybridized carbons (Fsp3) is 0.333. The lowest BCUT2D eigenvalue weighted by Crippen LogP contribution is -3.28. The van der Waals surface area contributed by atoms with Gasteiger partial charge in [0.1, 0.15) is 32.0 Å². The lowest BCUT2D eigenvalue weighted by molar-refractivity contribution is -1.00. The minimum Gasteiger partial charge on any atom is -0.347 e. The van der Waals surface area contributed by atoms with Crippen molar-refractivity contribution in [3.05, 3.63) is 64.9 Å². The predicted molar refractivity (Wildman–Crippen MR) is 109 cm³/mol. The van der Waals surface area contributed by atoms with Crippen LogP contribution in [0.5, 0.6) is 0 Å². The number of nitrogens with one attached hydrogen (secondary N) is 4. The molecule has 3 rings (SSSR count). The molecule has 29 heavy (non-hydrogen) atoms. The van der Waals surface area contributed by atoms with E-state index in [4.69, 9.17) is 11.6 Å². The first-order valence-corrected chi connectivity index (χ1v) is 10.1. The Morgan fingerprint density at radius 2 is 1.59 bits per heavy atom. The van der Waals surface area contributed by atoms with Gasteiger partial charge in [0.2, 0.25) is 0 Å². The average molecular weight is 421 g/mol. The molecule has 154 valence electrons. The molecule has 2 aromatic rings. The number of anilines is 1. The van der Waals surface area contributed by atoms with Gasteiger partial charge in [-0.1, -0.05) is 29.8 Å². The average Bonchev–Trinajstić information content (AvgIpc) is 2.68. The molecule has 1 aliphatic rings. The first-order valence-electron chi connectivity index (χ1n) is 9.71. The molecule has 0 bridgehead atoms. The fourth-order valence-electron chi connectivity index (χ4n) is 3.45. The van der Waals surface area contributed by atoms with Crippen LogP contribution in [0.2, 0.25) is 5.02 Å². The third-order valence-corrected chi connectivity index (χ3v) is 5.21. The van der Waals surface area contributed by atoms with E-state index in [1.807, 2.05) is 18.2 Å². The minimum atomic E-state index is -0.374. The van der Waals surface area contributed by atoms with Crippen molar-refractivity contribution in [2.24, 2.45) is 0 Å². The highest BCUT2D eigenvalue weighted by Crippen LogP contribution is 2.10. The van der Waals surface area contributed by atoms with Crippen LogP contribution in [0.3, 0.4) is 0 Å². The van der Waals surface area contributed by atoms with E-state index < -0.39 is 0 Å². The highest BCUT2D eigenvalue weighted by molar-refractivity contribution is 6.30. The first-order chi connectivity index (χ1) is 14.0. The Hall–Kier alpha value is -2.48. The van der Waals surface area contributed by atoms with Crippen molar-refractivity contribution in [2.45, 2.75) is 6.54 Å². The third kappa shape index (κ3) is 7.12. The summed E-state index contributed by atoms with van der Waals surface area (Å²) in [7, 11) is 0. The molecule has 8 heteroatoms. The molecular weight excluding hydrogens is 395 g/mol. The Bertz CT molecular complexity index is 856. The summed E-state index contributed by atoms with van der Waals surface area (Å²) in [5, 5.41) is 6.31. The quantitative estimate of drug-likeness (QED) is 0.489. The second-order valence-electron chi connectivity index (χ2n) is 7.32. The van der Waals surface area contributed by atoms with E-state index in [1.54, 1.807) is 18.2 Å². The third-order valence-electron chi connectivity index (χ3n) is 4.97. The van der Waals surface area contributed by atoms with Gasteiger partial charge in [0.25, 0.3) is 11.8 Å². The smallest absolute Gasteiger partial charge is 0.279 e. The van der Waals surface area contributed by atoms with Gasteiger partial charge in [0.15, 0.2) is 13.1 Å². The molecule has 6 nitrogen and oxygen atoms in total. The van der Waals surface area contributed by atoms with Crippen LogP contribution >= 0.6 is 11.6 Å². The molecule has 0 aromatic heterocycles. The highest BCUT2D eigenvalue weighted by atomic mass is 35.5. The van der Waals surface area contributed by atoms with Gasteiger partial charge < -0.3 is 20.4 Å². The van der Waals surface area contributed by atoms with Crippen LogP contribution in [-0.4, -0.2) is 51.1 Å². The van der Waals surface area contributed by atoms with Crippen molar-refractivity contribution in [2.75, 3.05) is 44.6 Å². The van der Waals surface area contributed by atoms with Gasteiger partial charge in [-0.2, -0.15) is 0 Å². The molecule has 0 aliphatic carbocycles. The van der Waals surface area contributed by atoms with E-state index >= 15 is 0 Å². The first kappa shape index (κ1) is 21.2. The number of halogens is 2. The second kappa shape index (κ2) is 10.3. The number of carbonyl (C=O) groups is 2. The van der Waals surface area contributed by atoms with E-state index in [0.29, 0.717) is 30.3 Å². The number of amides is 2. The zero-order valence-corrected chi connectivity index (χ0v) is 16.9. The van der Waals surface area contributed by atoms with Crippen molar-refractivity contribution in [1.82, 2.24) is 5.32 Å². The van der Waals surface area contributed by atoms with Gasteiger partial charge in [-0.05, 0) is 35.9 Å². The Morgan fingerprint density at radius 3 is 2.24 bits per heavy atom. The van der Waals surface area contributed by atoms with E-state index in [2.05, 4.69) is 10.6 Å². The van der Waals surface area contributed by atoms with E-state index in [-0.39, 0.29) is 17.6 Å². The van der Waals surface area contributed by atoms with E-state index in [9.17, 15) is 14.0 Å². The summed E-state index contributed by atoms with van der Waals surface area (Å²) in [6, 6.07) is 13.3. The topological polar surface area (TPSA) is 67.1 Å². The fourth-order valence-corrected chi connectivity index (χ4v) is 3.66. The van der Waals surface area contributed by atoms with E-state index in [1.165, 1.54) is 21.9 Å². The number of piperazine rings is 1. The molecule has 0 atom stereocenters. The van der Waals surface area contributed by atoms with Gasteiger partial charge in [-0.3, -0.25) is 9.59 Å². The van der Waals surface area contributed by atoms with Crippen LogP contribution in [0.1, 0.15) is 5.56 Å². The van der Waals surface area contributed by atoms with Crippen molar-refractivity contribution in [3.63, 3.8) is 0 Å². The van der Waals surface area contributed by atoms with Gasteiger partial charge >= 0.3 is 0 Å². The van der Waals surface area contributed by atoms with Gasteiger partial charge in [-0.25, -0.2) is 4.39 Å². The van der Waals surface area contributed by atoms with Crippen molar-refractivity contribution in [1.29, 1.82) is 0 Å². The minimum absolute atomic E-state index is 0.00673. The number of quaternary nitrogens is 2. The number of hydrogen-bond donors (Lipinski definition) is 4. The Morgan fingerprint density at radius 1 is 0.931 bits per heavy atom. The largest absolute Gasteiger partial charge is 0.347 e. The molecule has 1 aliphatic heterocycles. The highest BCUT2D eigenvalue weighted by Gasteiger charge is 2.26. The summed E-state index contributed by atoms with van der Waals surface area (Å²) in [6.07, 6.45) is 0. The van der Waals surface area contributed by atoms with Crippen molar-refractivity contribution >= 4 is 29.1 Å². The van der Waals surface area contributed by atoms with Crippen LogP contribution in [0.15, 0.2) is 48.5 Å². The molecule has 0 spiro atoms. The van der Waals surface area contributed by atoms with Crippen LogP contribution in [0, 0.1) is 5.82 Å². The molecule has 1 fully saturated rings. The summed E-state index contributed by atoms with van der Waals surface area (Å²) < 4.78 is 13.2. The molecule has 0 unspecified atom stereocenters. The molecule has 4 N–H and O–H groups in total. The summed E-state index contributed by atoms with van der Waals surface area (Å²) in [4.78, 5) is 26.7. The second-order valence-corrected chi connectivity index (χ2v) is 7.76. The lowest BCUT2D eigenvalue weighted by Gasteiger charge is -2.29. The number of rotatable bonds is 7. The number of hydrogen-bond acceptors (Lipinski definition) is 2. The van der Waals surface area contributed by atoms with Crippen molar-refractivity contribution in [3.8, 4) is 0 Å². The molecule has 1 heterocycles. The normalized spacial score (nSPS) is 18.8. The zero-order valence-electron chi connectivity index (χ0n) is 16.1. The molecule has 2 aromatic carbocycles. The monoisotopic (exact) mass is 420 g/mol. The summed E-state index contributed by atoms with van der Waals surface area (Å²) >= 11 is 5.95. The van der Waals surface area contributed by atoms with Gasteiger partial charge in [0.05, 0.1) is 0 Å². The van der Waals surface area contributed by atoms with Crippen LogP contribution in [0.25, 0.3) is 0 Å². The Balaban J connectivity index is 1.35. The van der Waals surface area contributed by atoms with Crippen LogP contribution in [0.4, 0.5) is 10.1 Å². The number of benzene rings is 2. The standard InChI is InChI=1S/C21H24ClFN4O2/c22-17-4-1-3-16(11-17)13-24-20(28)14-26-7-9-27(10-8-26)15-21(29)25-19-6-2-5-18(23)12-19/h1-6,11-12H,7-10,13-15H2,(H,24,28)(H,25,29)/p+2. The Labute approximate surface area is 174 Å². The molecular formula is C21H26ClFN4O2+2. The maximum Gasteiger partial charge on any atom is 0.279 e. The summed E-state index contributed by atoms with van der Waals surface area (Å²) in [5.74, 6) is -0.499. The maximum atomic E-state index is 13.2. The predicted octanol–water partition coefficient (Wildman–Crippen LogP) is -0.483. The zero-order chi connectivity index (χ0) is 20.6. The summed E-state index contributed by atoms with van der Waals surface area (Å²) in [6.45, 7) is 4.50. The lowest BCUT2D eigenvalue weighted by atomic mass is 10.2.